The van der Waals surface area contributed by atoms with Gasteiger partial charge in [-0.05, 0) is 51.1 Å². The van der Waals surface area contributed by atoms with Gasteiger partial charge in [-0.3, -0.25) is 4.79 Å². The van der Waals surface area contributed by atoms with E-state index < -0.39 is 0 Å². The lowest BCUT2D eigenvalue weighted by molar-refractivity contribution is 0.102. The van der Waals surface area contributed by atoms with Gasteiger partial charge in [0, 0.05) is 24.1 Å². The van der Waals surface area contributed by atoms with Crippen molar-refractivity contribution in [1.82, 2.24) is 24.9 Å². The Labute approximate surface area is 166 Å². The highest BCUT2D eigenvalue weighted by Gasteiger charge is 2.17. The van der Waals surface area contributed by atoms with Gasteiger partial charge in [-0.25, -0.2) is 9.67 Å². The monoisotopic (exact) mass is 390 g/mol. The van der Waals surface area contributed by atoms with E-state index in [0.29, 0.717) is 46.0 Å². The number of carbonyl (C=O) groups excluding carboxylic acids is 1. The minimum atomic E-state index is -0.273. The van der Waals surface area contributed by atoms with E-state index in [9.17, 15) is 4.79 Å². The Balaban J connectivity index is 1.48. The van der Waals surface area contributed by atoms with Gasteiger partial charge >= 0.3 is 0 Å². The molecule has 0 aliphatic rings. The zero-order chi connectivity index (χ0) is 20.4. The number of hydrogen-bond acceptors (Lipinski definition) is 7. The molecule has 4 rings (SSSR count). The number of ether oxygens (including phenoxy) is 1. The van der Waals surface area contributed by atoms with Crippen LogP contribution in [0, 0.1) is 20.8 Å². The number of carbonyl (C=O) groups is 1. The van der Waals surface area contributed by atoms with Crippen molar-refractivity contribution in [3.63, 3.8) is 0 Å². The first-order valence-corrected chi connectivity index (χ1v) is 8.87. The van der Waals surface area contributed by atoms with E-state index in [-0.39, 0.29) is 5.91 Å². The van der Waals surface area contributed by atoms with Crippen molar-refractivity contribution in [3.05, 3.63) is 71.6 Å². The van der Waals surface area contributed by atoms with Crippen LogP contribution in [0.2, 0.25) is 0 Å². The number of rotatable bonds is 5. The molecule has 0 atom stereocenters. The molecule has 9 heteroatoms. The van der Waals surface area contributed by atoms with E-state index in [1.54, 1.807) is 68.2 Å². The Hall–Kier alpha value is -4.01. The highest BCUT2D eigenvalue weighted by molar-refractivity contribution is 6.05. The first-order chi connectivity index (χ1) is 14.0. The van der Waals surface area contributed by atoms with E-state index in [4.69, 9.17) is 9.26 Å². The van der Waals surface area contributed by atoms with Gasteiger partial charge in [-0.15, -0.1) is 0 Å². The standard InChI is InChI=1S/C20H18N6O3/c1-12-19(13(2)29-25-12)20(27)24-15-5-7-16(8-6-15)28-18-11-17(22-14(3)23-18)26-10-4-9-21-26/h4-11H,1-3H3,(H,24,27). The van der Waals surface area contributed by atoms with Gasteiger partial charge in [0.1, 0.15) is 22.9 Å². The van der Waals surface area contributed by atoms with Crippen molar-refractivity contribution in [1.29, 1.82) is 0 Å². The molecule has 0 spiro atoms. The summed E-state index contributed by atoms with van der Waals surface area (Å²) >= 11 is 0. The zero-order valence-corrected chi connectivity index (χ0v) is 16.1. The minimum absolute atomic E-state index is 0.273. The van der Waals surface area contributed by atoms with Crippen molar-refractivity contribution in [2.75, 3.05) is 5.32 Å². The summed E-state index contributed by atoms with van der Waals surface area (Å²) in [6.07, 6.45) is 3.47. The van der Waals surface area contributed by atoms with Crippen LogP contribution < -0.4 is 10.1 Å². The van der Waals surface area contributed by atoms with Crippen molar-refractivity contribution in [3.8, 4) is 17.4 Å². The van der Waals surface area contributed by atoms with Crippen LogP contribution >= 0.6 is 0 Å². The molecule has 3 heterocycles. The van der Waals surface area contributed by atoms with E-state index in [2.05, 4.69) is 25.5 Å². The van der Waals surface area contributed by atoms with Crippen LogP contribution in [0.5, 0.6) is 11.6 Å². The van der Waals surface area contributed by atoms with Gasteiger partial charge in [0.05, 0.1) is 5.69 Å². The smallest absolute Gasteiger partial charge is 0.261 e. The molecule has 4 aromatic rings. The number of anilines is 1. The Bertz CT molecular complexity index is 1130. The van der Waals surface area contributed by atoms with Crippen LogP contribution in [0.4, 0.5) is 5.69 Å². The Morgan fingerprint density at radius 3 is 2.59 bits per heavy atom. The van der Waals surface area contributed by atoms with Crippen molar-refractivity contribution in [2.24, 2.45) is 0 Å². The molecule has 1 aromatic carbocycles. The molecule has 146 valence electrons. The van der Waals surface area contributed by atoms with Crippen molar-refractivity contribution >= 4 is 11.6 Å². The lowest BCUT2D eigenvalue weighted by atomic mass is 10.2. The number of amides is 1. The fourth-order valence-corrected chi connectivity index (χ4v) is 2.83. The van der Waals surface area contributed by atoms with E-state index in [0.717, 1.165) is 0 Å². The normalized spacial score (nSPS) is 10.7. The van der Waals surface area contributed by atoms with Crippen LogP contribution in [0.3, 0.4) is 0 Å². The summed E-state index contributed by atoms with van der Waals surface area (Å²) in [7, 11) is 0. The molecule has 0 saturated heterocycles. The molecule has 29 heavy (non-hydrogen) atoms. The first kappa shape index (κ1) is 18.4. The SMILES string of the molecule is Cc1nc(Oc2ccc(NC(=O)c3c(C)noc3C)cc2)cc(-n2cccn2)n1. The van der Waals surface area contributed by atoms with E-state index >= 15 is 0 Å². The molecule has 0 unspecified atom stereocenters. The molecular formula is C20H18N6O3. The zero-order valence-electron chi connectivity index (χ0n) is 16.1. The first-order valence-electron chi connectivity index (χ1n) is 8.87. The van der Waals surface area contributed by atoms with Gasteiger partial charge < -0.3 is 14.6 Å². The van der Waals surface area contributed by atoms with Crippen LogP contribution in [-0.2, 0) is 0 Å². The molecule has 0 saturated carbocycles. The van der Waals surface area contributed by atoms with Crippen LogP contribution in [0.25, 0.3) is 5.82 Å². The molecule has 0 bridgehead atoms. The molecule has 0 fully saturated rings. The third-order valence-corrected chi connectivity index (χ3v) is 4.14. The van der Waals surface area contributed by atoms with Crippen molar-refractivity contribution < 1.29 is 14.1 Å². The fourth-order valence-electron chi connectivity index (χ4n) is 2.83. The summed E-state index contributed by atoms with van der Waals surface area (Å²) in [5, 5.41) is 10.8. The van der Waals surface area contributed by atoms with Gasteiger partial charge in [0.25, 0.3) is 5.91 Å². The summed E-state index contributed by atoms with van der Waals surface area (Å²) < 4.78 is 12.5. The number of nitrogens with zero attached hydrogens (tertiary/aromatic N) is 5. The summed E-state index contributed by atoms with van der Waals surface area (Å²) in [4.78, 5) is 21.1. The molecule has 0 radical (unpaired) electrons. The predicted octanol–water partition coefficient (Wildman–Crippen LogP) is 3.62. The molecule has 9 nitrogen and oxygen atoms in total. The Morgan fingerprint density at radius 2 is 1.93 bits per heavy atom. The number of aromatic nitrogens is 5. The summed E-state index contributed by atoms with van der Waals surface area (Å²) in [6, 6.07) is 10.5. The average molecular weight is 390 g/mol. The van der Waals surface area contributed by atoms with Gasteiger partial charge in [0.2, 0.25) is 5.88 Å². The quantitative estimate of drug-likeness (QED) is 0.554. The second kappa shape index (κ2) is 7.55. The number of benzene rings is 1. The largest absolute Gasteiger partial charge is 0.439 e. The second-order valence-electron chi connectivity index (χ2n) is 6.34. The Morgan fingerprint density at radius 1 is 1.14 bits per heavy atom. The molecule has 1 amide bonds. The van der Waals surface area contributed by atoms with Gasteiger partial charge in [0.15, 0.2) is 5.82 Å². The lowest BCUT2D eigenvalue weighted by Crippen LogP contribution is -2.13. The summed E-state index contributed by atoms with van der Waals surface area (Å²) in [5.41, 5.74) is 1.61. The third-order valence-electron chi connectivity index (χ3n) is 4.14. The highest BCUT2D eigenvalue weighted by Crippen LogP contribution is 2.23. The maximum atomic E-state index is 12.4. The molecule has 1 N–H and O–H groups in total. The molecular weight excluding hydrogens is 372 g/mol. The van der Waals surface area contributed by atoms with Crippen molar-refractivity contribution in [2.45, 2.75) is 20.8 Å². The van der Waals surface area contributed by atoms with Crippen LogP contribution in [-0.4, -0.2) is 30.8 Å². The number of aryl methyl sites for hydroxylation is 3. The third kappa shape index (κ3) is 3.98. The predicted molar refractivity (Wildman–Crippen MR) is 104 cm³/mol. The molecule has 0 aliphatic carbocycles. The van der Waals surface area contributed by atoms with Gasteiger partial charge in [-0.1, -0.05) is 5.16 Å². The van der Waals surface area contributed by atoms with E-state index in [1.165, 1.54) is 0 Å². The minimum Gasteiger partial charge on any atom is -0.439 e. The highest BCUT2D eigenvalue weighted by atomic mass is 16.5. The number of nitrogens with one attached hydrogen (secondary N) is 1. The Kier molecular flexibility index (Phi) is 4.78. The summed E-state index contributed by atoms with van der Waals surface area (Å²) in [5.74, 6) is 2.36. The second-order valence-corrected chi connectivity index (χ2v) is 6.34. The van der Waals surface area contributed by atoms with Gasteiger partial charge in [-0.2, -0.15) is 10.1 Å². The maximum absolute atomic E-state index is 12.4. The number of hydrogen-bond donors (Lipinski definition) is 1. The maximum Gasteiger partial charge on any atom is 0.261 e. The van der Waals surface area contributed by atoms with Crippen LogP contribution in [0.15, 0.2) is 53.3 Å². The average Bonchev–Trinajstić information content (AvgIpc) is 3.33. The molecule has 3 aromatic heterocycles. The fraction of sp³-hybridized carbons (Fsp3) is 0.150. The lowest BCUT2D eigenvalue weighted by Gasteiger charge is -2.09. The topological polar surface area (TPSA) is 108 Å². The van der Waals surface area contributed by atoms with E-state index in [1.807, 2.05) is 6.07 Å². The molecule has 0 aliphatic heterocycles. The van der Waals surface area contributed by atoms with Crippen LogP contribution in [0.1, 0.15) is 27.6 Å². The summed E-state index contributed by atoms with van der Waals surface area (Å²) in [6.45, 7) is 5.21.